The predicted molar refractivity (Wildman–Crippen MR) is 42.3 cm³/mol. The lowest BCUT2D eigenvalue weighted by molar-refractivity contribution is 0.591. The lowest BCUT2D eigenvalue weighted by Crippen LogP contribution is -2.21. The van der Waals surface area contributed by atoms with Crippen molar-refractivity contribution in [2.45, 2.75) is 6.54 Å². The molecule has 0 aromatic heterocycles. The number of benzene rings is 1. The summed E-state index contributed by atoms with van der Waals surface area (Å²) < 4.78 is 12.8. The molecule has 0 radical (unpaired) electrons. The van der Waals surface area contributed by atoms with Gasteiger partial charge < -0.3 is 11.1 Å². The van der Waals surface area contributed by atoms with Crippen molar-refractivity contribution >= 4 is 0 Å². The molecule has 0 aliphatic heterocycles. The van der Waals surface area contributed by atoms with E-state index in [1.54, 1.807) is 18.2 Å². The molecule has 60 valence electrons. The molecule has 2 nitrogen and oxygen atoms in total. The van der Waals surface area contributed by atoms with Crippen molar-refractivity contribution in [2.24, 2.45) is 5.73 Å². The highest BCUT2D eigenvalue weighted by Crippen LogP contribution is 2.04. The smallest absolute Gasteiger partial charge is 0.127 e. The van der Waals surface area contributed by atoms with E-state index < -0.39 is 0 Å². The quantitative estimate of drug-likeness (QED) is 0.633. The average molecular weight is 154 g/mol. The second-order valence-corrected chi connectivity index (χ2v) is 2.22. The van der Waals surface area contributed by atoms with E-state index in [-0.39, 0.29) is 5.82 Å². The molecule has 0 spiro atoms. The molecule has 0 atom stereocenters. The van der Waals surface area contributed by atoms with Crippen LogP contribution in [0.15, 0.2) is 24.3 Å². The van der Waals surface area contributed by atoms with Gasteiger partial charge in [-0.15, -0.1) is 0 Å². The minimum atomic E-state index is -0.187. The number of nitrogens with two attached hydrogens (primary N) is 1. The van der Waals surface area contributed by atoms with Gasteiger partial charge in [0.25, 0.3) is 0 Å². The Morgan fingerprint density at radius 2 is 2.09 bits per heavy atom. The van der Waals surface area contributed by atoms with Gasteiger partial charge in [0, 0.05) is 18.8 Å². The maximum Gasteiger partial charge on any atom is 0.127 e. The van der Waals surface area contributed by atoms with Crippen LogP contribution in [0, 0.1) is 5.82 Å². The molecule has 1 aromatic carbocycles. The minimum absolute atomic E-state index is 0.187. The van der Waals surface area contributed by atoms with Gasteiger partial charge in [0.1, 0.15) is 5.82 Å². The Labute approximate surface area is 65.2 Å². The molecule has 3 N–H and O–H groups in total. The highest BCUT2D eigenvalue weighted by molar-refractivity contribution is 5.16. The van der Waals surface area contributed by atoms with Gasteiger partial charge in [-0.1, -0.05) is 18.2 Å². The largest absolute Gasteiger partial charge is 0.318 e. The first-order chi connectivity index (χ1) is 5.34. The van der Waals surface area contributed by atoms with Crippen LogP contribution in [0.2, 0.25) is 0 Å². The van der Waals surface area contributed by atoms with Crippen LogP contribution in [0.5, 0.6) is 0 Å². The lowest BCUT2D eigenvalue weighted by atomic mass is 10.2. The first kappa shape index (κ1) is 8.17. The van der Waals surface area contributed by atoms with Crippen LogP contribution in [0.4, 0.5) is 4.39 Å². The number of halogens is 1. The second-order valence-electron chi connectivity index (χ2n) is 2.22. The Hall–Kier alpha value is -0.930. The fourth-order valence-electron chi connectivity index (χ4n) is 0.849. The summed E-state index contributed by atoms with van der Waals surface area (Å²) in [6.45, 7) is 0.859. The first-order valence-electron chi connectivity index (χ1n) is 3.49. The predicted octanol–water partition coefficient (Wildman–Crippen LogP) is 0.831. The number of hydrogen-bond donors (Lipinski definition) is 2. The SMILES string of the molecule is NCNCc1ccccc1F. The van der Waals surface area contributed by atoms with E-state index >= 15 is 0 Å². The summed E-state index contributed by atoms with van der Waals surface area (Å²) in [5, 5.41) is 2.84. The molecule has 0 saturated carbocycles. The highest BCUT2D eigenvalue weighted by atomic mass is 19.1. The van der Waals surface area contributed by atoms with Gasteiger partial charge in [-0.2, -0.15) is 0 Å². The fraction of sp³-hybridized carbons (Fsp3) is 0.250. The maximum atomic E-state index is 12.8. The Kier molecular flexibility index (Phi) is 3.01. The van der Waals surface area contributed by atoms with Crippen LogP contribution in [0.25, 0.3) is 0 Å². The van der Waals surface area contributed by atoms with Gasteiger partial charge in [0.2, 0.25) is 0 Å². The van der Waals surface area contributed by atoms with Gasteiger partial charge in [0.15, 0.2) is 0 Å². The molecule has 1 aromatic rings. The third-order valence-electron chi connectivity index (χ3n) is 1.42. The average Bonchev–Trinajstić information content (AvgIpc) is 2.03. The summed E-state index contributed by atoms with van der Waals surface area (Å²) in [5.74, 6) is -0.187. The van der Waals surface area contributed by atoms with E-state index in [1.807, 2.05) is 0 Å². The van der Waals surface area contributed by atoms with Crippen molar-refractivity contribution in [1.82, 2.24) is 5.32 Å². The summed E-state index contributed by atoms with van der Waals surface area (Å²) in [5.41, 5.74) is 5.84. The summed E-state index contributed by atoms with van der Waals surface area (Å²) in [6.07, 6.45) is 0. The molecular weight excluding hydrogens is 143 g/mol. The molecule has 11 heavy (non-hydrogen) atoms. The van der Waals surface area contributed by atoms with Crippen LogP contribution in [0.1, 0.15) is 5.56 Å². The van der Waals surface area contributed by atoms with Crippen LogP contribution >= 0.6 is 0 Å². The molecule has 0 fully saturated rings. The van der Waals surface area contributed by atoms with E-state index in [0.717, 1.165) is 0 Å². The summed E-state index contributed by atoms with van der Waals surface area (Å²) in [4.78, 5) is 0. The molecule has 0 aliphatic rings. The lowest BCUT2D eigenvalue weighted by Gasteiger charge is -2.01. The maximum absolute atomic E-state index is 12.8. The van der Waals surface area contributed by atoms with Crippen molar-refractivity contribution in [3.8, 4) is 0 Å². The Morgan fingerprint density at radius 3 is 2.73 bits per heavy atom. The van der Waals surface area contributed by atoms with E-state index in [1.165, 1.54) is 6.07 Å². The standard InChI is InChI=1S/C8H11FN2/c9-8-4-2-1-3-7(8)5-11-6-10/h1-4,11H,5-6,10H2. The van der Waals surface area contributed by atoms with E-state index in [4.69, 9.17) is 5.73 Å². The molecular formula is C8H11FN2. The Morgan fingerprint density at radius 1 is 1.36 bits per heavy atom. The molecule has 0 unspecified atom stereocenters. The monoisotopic (exact) mass is 154 g/mol. The zero-order chi connectivity index (χ0) is 8.10. The summed E-state index contributed by atoms with van der Waals surface area (Å²) in [7, 11) is 0. The van der Waals surface area contributed by atoms with Gasteiger partial charge in [0.05, 0.1) is 0 Å². The van der Waals surface area contributed by atoms with Crippen LogP contribution in [-0.4, -0.2) is 6.67 Å². The normalized spacial score (nSPS) is 10.0. The number of hydrogen-bond acceptors (Lipinski definition) is 2. The van der Waals surface area contributed by atoms with Crippen LogP contribution in [0.3, 0.4) is 0 Å². The fourth-order valence-corrected chi connectivity index (χ4v) is 0.849. The topological polar surface area (TPSA) is 38.0 Å². The van der Waals surface area contributed by atoms with Gasteiger partial charge in [-0.3, -0.25) is 0 Å². The van der Waals surface area contributed by atoms with Crippen molar-refractivity contribution in [3.05, 3.63) is 35.6 Å². The number of nitrogens with one attached hydrogen (secondary N) is 1. The minimum Gasteiger partial charge on any atom is -0.318 e. The molecule has 0 bridgehead atoms. The summed E-state index contributed by atoms with van der Waals surface area (Å²) in [6, 6.07) is 6.64. The van der Waals surface area contributed by atoms with E-state index in [0.29, 0.717) is 18.8 Å². The van der Waals surface area contributed by atoms with Gasteiger partial charge in [-0.25, -0.2) is 4.39 Å². The highest BCUT2D eigenvalue weighted by Gasteiger charge is 1.97. The van der Waals surface area contributed by atoms with Crippen molar-refractivity contribution in [1.29, 1.82) is 0 Å². The second kappa shape index (κ2) is 4.05. The van der Waals surface area contributed by atoms with Crippen LogP contribution < -0.4 is 11.1 Å². The third-order valence-corrected chi connectivity index (χ3v) is 1.42. The molecule has 3 heteroatoms. The van der Waals surface area contributed by atoms with E-state index in [2.05, 4.69) is 5.32 Å². The molecule has 0 aliphatic carbocycles. The van der Waals surface area contributed by atoms with Crippen molar-refractivity contribution in [2.75, 3.05) is 6.67 Å². The van der Waals surface area contributed by atoms with Crippen molar-refractivity contribution < 1.29 is 4.39 Å². The molecule has 0 saturated heterocycles. The number of rotatable bonds is 3. The molecule has 1 rings (SSSR count). The Bertz CT molecular complexity index is 225. The molecule has 0 amide bonds. The van der Waals surface area contributed by atoms with Gasteiger partial charge in [-0.05, 0) is 6.07 Å². The Balaban J connectivity index is 2.62. The molecule has 0 heterocycles. The van der Waals surface area contributed by atoms with Gasteiger partial charge >= 0.3 is 0 Å². The third kappa shape index (κ3) is 2.29. The summed E-state index contributed by atoms with van der Waals surface area (Å²) >= 11 is 0. The van der Waals surface area contributed by atoms with Crippen molar-refractivity contribution in [3.63, 3.8) is 0 Å². The zero-order valence-electron chi connectivity index (χ0n) is 6.18. The van der Waals surface area contributed by atoms with E-state index in [9.17, 15) is 4.39 Å². The van der Waals surface area contributed by atoms with Crippen LogP contribution in [-0.2, 0) is 6.54 Å². The first-order valence-corrected chi connectivity index (χ1v) is 3.49. The zero-order valence-corrected chi connectivity index (χ0v) is 6.18.